The van der Waals surface area contributed by atoms with Crippen LogP contribution in [0.5, 0.6) is 0 Å². The summed E-state index contributed by atoms with van der Waals surface area (Å²) in [6, 6.07) is 12.1. The lowest BCUT2D eigenvalue weighted by Crippen LogP contribution is -2.12. The van der Waals surface area contributed by atoms with Crippen molar-refractivity contribution in [1.29, 1.82) is 0 Å². The molecule has 1 saturated carbocycles. The molecule has 0 bridgehead atoms. The number of hydrogen-bond donors (Lipinski definition) is 0. The molecule has 6 heteroatoms. The smallest absolute Gasteiger partial charge is 0.0936 e. The first-order valence-corrected chi connectivity index (χ1v) is 10.8. The third-order valence-corrected chi connectivity index (χ3v) is 6.55. The lowest BCUT2D eigenvalue weighted by atomic mass is 9.76. The van der Waals surface area contributed by atoms with Gasteiger partial charge in [-0.2, -0.15) is 0 Å². The SMILES string of the molecule is CCc1ccc([C@H]2CC[C@H](c3ccc(S(F)(F)(F)(F)F)cc3)CC2)cc1. The van der Waals surface area contributed by atoms with Crippen LogP contribution in [0.2, 0.25) is 0 Å². The van der Waals surface area contributed by atoms with Crippen LogP contribution in [0.15, 0.2) is 53.4 Å². The fraction of sp³-hybridized carbons (Fsp3) is 0.400. The molecule has 0 unspecified atom stereocenters. The zero-order valence-corrected chi connectivity index (χ0v) is 15.4. The molecule has 0 heterocycles. The zero-order chi connectivity index (χ0) is 19.1. The number of rotatable bonds is 4. The normalized spacial score (nSPS) is 23.9. The average Bonchev–Trinajstić information content (AvgIpc) is 2.60. The number of hydrogen-bond acceptors (Lipinski definition) is 0. The highest BCUT2D eigenvalue weighted by molar-refractivity contribution is 8.45. The van der Waals surface area contributed by atoms with Crippen molar-refractivity contribution in [2.24, 2.45) is 0 Å². The standard InChI is InChI=1S/C20H23F5S/c1-2-15-3-5-16(6-4-15)17-7-9-18(10-8-17)19-11-13-20(14-12-19)26(21,22,23,24)25/h3-6,11-14,17-18H,2,7-10H2,1H3/t17-,18-. The molecule has 0 amide bonds. The minimum absolute atomic E-state index is 0.133. The van der Waals surface area contributed by atoms with E-state index in [2.05, 4.69) is 31.2 Å². The molecule has 0 atom stereocenters. The Morgan fingerprint density at radius 2 is 1.08 bits per heavy atom. The first-order chi connectivity index (χ1) is 12.0. The van der Waals surface area contributed by atoms with Gasteiger partial charge in [-0.25, -0.2) is 0 Å². The highest BCUT2D eigenvalue weighted by Gasteiger charge is 2.65. The molecular formula is C20H23F5S. The monoisotopic (exact) mass is 390 g/mol. The molecule has 0 nitrogen and oxygen atoms in total. The molecule has 0 N–H and O–H groups in total. The van der Waals surface area contributed by atoms with E-state index in [4.69, 9.17) is 0 Å². The summed E-state index contributed by atoms with van der Waals surface area (Å²) in [6.07, 6.45) is 4.63. The summed E-state index contributed by atoms with van der Waals surface area (Å²) in [6.45, 7) is 2.11. The van der Waals surface area contributed by atoms with E-state index in [9.17, 15) is 19.4 Å². The average molecular weight is 390 g/mol. The van der Waals surface area contributed by atoms with E-state index in [0.717, 1.165) is 37.7 Å². The minimum Gasteiger partial charge on any atom is -0.0936 e. The summed E-state index contributed by atoms with van der Waals surface area (Å²) in [4.78, 5) is -1.81. The summed E-state index contributed by atoms with van der Waals surface area (Å²) >= 11 is 0. The lowest BCUT2D eigenvalue weighted by Gasteiger charge is -2.40. The molecule has 2 aromatic carbocycles. The van der Waals surface area contributed by atoms with Crippen molar-refractivity contribution in [2.45, 2.75) is 55.8 Å². The Hall–Kier alpha value is -1.56. The highest BCUT2D eigenvalue weighted by atomic mass is 32.5. The Morgan fingerprint density at radius 3 is 1.42 bits per heavy atom. The predicted molar refractivity (Wildman–Crippen MR) is 97.6 cm³/mol. The summed E-state index contributed by atoms with van der Waals surface area (Å²) < 4.78 is 64.1. The van der Waals surface area contributed by atoms with Gasteiger partial charge in [0, 0.05) is 0 Å². The van der Waals surface area contributed by atoms with Crippen molar-refractivity contribution in [3.05, 3.63) is 65.2 Å². The van der Waals surface area contributed by atoms with Crippen LogP contribution >= 0.6 is 10.2 Å². The Bertz CT molecular complexity index is 755. The van der Waals surface area contributed by atoms with Gasteiger partial charge in [-0.15, -0.1) is 0 Å². The number of benzene rings is 2. The minimum atomic E-state index is -9.58. The van der Waals surface area contributed by atoms with Gasteiger partial charge in [0.2, 0.25) is 0 Å². The van der Waals surface area contributed by atoms with Gasteiger partial charge in [0.05, 0.1) is 0 Å². The Morgan fingerprint density at radius 1 is 0.692 bits per heavy atom. The second-order valence-corrected chi connectivity index (χ2v) is 9.59. The predicted octanol–water partition coefficient (Wildman–Crippen LogP) is 8.35. The first kappa shape index (κ1) is 19.2. The molecule has 0 radical (unpaired) electrons. The summed E-state index contributed by atoms with van der Waals surface area (Å²) in [5.74, 6) is 0.592. The maximum absolute atomic E-state index is 12.8. The molecule has 1 aliphatic rings. The van der Waals surface area contributed by atoms with Crippen molar-refractivity contribution in [2.75, 3.05) is 0 Å². The third-order valence-electron chi connectivity index (χ3n) is 5.38. The van der Waals surface area contributed by atoms with E-state index in [0.29, 0.717) is 18.1 Å². The molecule has 26 heavy (non-hydrogen) atoms. The van der Waals surface area contributed by atoms with E-state index < -0.39 is 15.1 Å². The van der Waals surface area contributed by atoms with Crippen molar-refractivity contribution < 1.29 is 19.4 Å². The van der Waals surface area contributed by atoms with E-state index in [-0.39, 0.29) is 5.92 Å². The zero-order valence-electron chi connectivity index (χ0n) is 14.6. The van der Waals surface area contributed by atoms with E-state index in [1.807, 2.05) is 0 Å². The van der Waals surface area contributed by atoms with Gasteiger partial charge >= 0.3 is 10.2 Å². The van der Waals surface area contributed by atoms with Crippen LogP contribution in [0.4, 0.5) is 19.4 Å². The van der Waals surface area contributed by atoms with Gasteiger partial charge in [0.25, 0.3) is 0 Å². The van der Waals surface area contributed by atoms with E-state index in [1.165, 1.54) is 23.3 Å². The molecule has 0 saturated heterocycles. The topological polar surface area (TPSA) is 0 Å². The van der Waals surface area contributed by atoms with Gasteiger partial charge in [0.1, 0.15) is 4.90 Å². The number of aryl methyl sites for hydroxylation is 1. The summed E-state index contributed by atoms with van der Waals surface area (Å²) in [7, 11) is -9.58. The van der Waals surface area contributed by atoms with Crippen molar-refractivity contribution in [3.8, 4) is 0 Å². The van der Waals surface area contributed by atoms with Crippen LogP contribution in [0.25, 0.3) is 0 Å². The van der Waals surface area contributed by atoms with Gasteiger partial charge in [0.15, 0.2) is 0 Å². The molecule has 3 rings (SSSR count). The second kappa shape index (κ2) is 5.98. The first-order valence-electron chi connectivity index (χ1n) is 8.89. The fourth-order valence-corrected chi connectivity index (χ4v) is 4.43. The van der Waals surface area contributed by atoms with Crippen LogP contribution in [-0.4, -0.2) is 0 Å². The Labute approximate surface area is 151 Å². The van der Waals surface area contributed by atoms with Gasteiger partial charge in [-0.1, -0.05) is 62.8 Å². The van der Waals surface area contributed by atoms with Crippen molar-refractivity contribution in [1.82, 2.24) is 0 Å². The fourth-order valence-electron chi connectivity index (χ4n) is 3.78. The molecular weight excluding hydrogens is 367 g/mol. The lowest BCUT2D eigenvalue weighted by molar-refractivity contribution is 0.363. The van der Waals surface area contributed by atoms with Crippen LogP contribution in [0.3, 0.4) is 0 Å². The summed E-state index contributed by atoms with van der Waals surface area (Å²) in [5, 5.41) is 0. The molecule has 144 valence electrons. The molecule has 1 aliphatic carbocycles. The van der Waals surface area contributed by atoms with E-state index in [1.54, 1.807) is 0 Å². The molecule has 1 fully saturated rings. The number of halogens is 5. The molecule has 0 spiro atoms. The van der Waals surface area contributed by atoms with Gasteiger partial charge in [-0.3, -0.25) is 0 Å². The molecule has 2 aromatic rings. The highest BCUT2D eigenvalue weighted by Crippen LogP contribution is 3.02. The Kier molecular flexibility index (Phi) is 4.42. The van der Waals surface area contributed by atoms with Crippen LogP contribution in [0, 0.1) is 0 Å². The second-order valence-electron chi connectivity index (χ2n) is 7.18. The van der Waals surface area contributed by atoms with E-state index >= 15 is 0 Å². The molecule has 0 aliphatic heterocycles. The van der Waals surface area contributed by atoms with Crippen LogP contribution in [0.1, 0.15) is 61.1 Å². The molecule has 0 aromatic heterocycles. The van der Waals surface area contributed by atoms with Crippen molar-refractivity contribution >= 4 is 10.2 Å². The van der Waals surface area contributed by atoms with Crippen molar-refractivity contribution in [3.63, 3.8) is 0 Å². The maximum atomic E-state index is 12.8. The third kappa shape index (κ3) is 4.40. The van der Waals surface area contributed by atoms with Crippen LogP contribution in [-0.2, 0) is 6.42 Å². The largest absolute Gasteiger partial charge is 0.310 e. The van der Waals surface area contributed by atoms with Gasteiger partial charge in [-0.05, 0) is 72.8 Å². The Balaban J connectivity index is 1.66. The van der Waals surface area contributed by atoms with Gasteiger partial charge < -0.3 is 0 Å². The van der Waals surface area contributed by atoms with Crippen LogP contribution < -0.4 is 0 Å². The quantitative estimate of drug-likeness (QED) is 0.460. The summed E-state index contributed by atoms with van der Waals surface area (Å²) in [5.41, 5.74) is 3.32. The maximum Gasteiger partial charge on any atom is 0.310 e.